The molecule has 0 aromatic carbocycles. The van der Waals surface area contributed by atoms with Crippen molar-refractivity contribution in [3.63, 3.8) is 0 Å². The Bertz CT molecular complexity index is 235. The fraction of sp³-hybridized carbons (Fsp3) is 0.909. The lowest BCUT2D eigenvalue weighted by molar-refractivity contribution is 0.0287. The van der Waals surface area contributed by atoms with Gasteiger partial charge in [0.05, 0.1) is 0 Å². The van der Waals surface area contributed by atoms with Crippen LogP contribution < -0.4 is 5.32 Å². The van der Waals surface area contributed by atoms with E-state index in [0.29, 0.717) is 12.0 Å². The van der Waals surface area contributed by atoms with Crippen molar-refractivity contribution in [3.8, 4) is 0 Å². The minimum absolute atomic E-state index is 0.202. The largest absolute Gasteiger partial charge is 0.444 e. The number of nitrogens with one attached hydrogen (secondary N) is 1. The van der Waals surface area contributed by atoms with Crippen LogP contribution in [0.5, 0.6) is 0 Å². The molecule has 4 heteroatoms. The van der Waals surface area contributed by atoms with Gasteiger partial charge in [-0.05, 0) is 33.7 Å². The Morgan fingerprint density at radius 2 is 2.00 bits per heavy atom. The Morgan fingerprint density at radius 1 is 1.40 bits per heavy atom. The lowest BCUT2D eigenvalue weighted by Gasteiger charge is -2.24. The first-order valence-electron chi connectivity index (χ1n) is 5.48. The van der Waals surface area contributed by atoms with E-state index in [9.17, 15) is 4.79 Å². The van der Waals surface area contributed by atoms with Crippen LogP contribution >= 0.6 is 0 Å². The summed E-state index contributed by atoms with van der Waals surface area (Å²) in [4.78, 5) is 13.5. The van der Waals surface area contributed by atoms with Gasteiger partial charge < -0.3 is 15.0 Å². The predicted octanol–water partition coefficient (Wildman–Crippen LogP) is 1.46. The van der Waals surface area contributed by atoms with E-state index in [1.54, 1.807) is 4.90 Å². The second kappa shape index (κ2) is 4.39. The molecular formula is C11H22N2O2. The number of ether oxygens (including phenoxy) is 1. The molecule has 0 saturated carbocycles. The third kappa shape index (κ3) is 3.38. The van der Waals surface area contributed by atoms with Gasteiger partial charge in [0, 0.05) is 19.1 Å². The van der Waals surface area contributed by atoms with E-state index in [-0.39, 0.29) is 6.09 Å². The van der Waals surface area contributed by atoms with Crippen molar-refractivity contribution < 1.29 is 9.53 Å². The molecule has 88 valence electrons. The molecule has 0 bridgehead atoms. The van der Waals surface area contributed by atoms with Crippen molar-refractivity contribution in [2.24, 2.45) is 5.92 Å². The Balaban J connectivity index is 2.50. The molecule has 0 aromatic rings. The summed E-state index contributed by atoms with van der Waals surface area (Å²) >= 11 is 0. The second-order valence-electron chi connectivity index (χ2n) is 5.26. The molecular weight excluding hydrogens is 192 g/mol. The minimum atomic E-state index is -0.405. The van der Waals surface area contributed by atoms with Gasteiger partial charge in [-0.2, -0.15) is 0 Å². The molecule has 0 unspecified atom stereocenters. The molecule has 0 aliphatic carbocycles. The molecule has 1 aliphatic heterocycles. The number of rotatable bonds is 1. The summed E-state index contributed by atoms with van der Waals surface area (Å²) in [5, 5.41) is 3.21. The summed E-state index contributed by atoms with van der Waals surface area (Å²) in [5.41, 5.74) is -0.405. The average Bonchev–Trinajstić information content (AvgIpc) is 2.43. The molecule has 2 atom stereocenters. The van der Waals surface area contributed by atoms with Crippen molar-refractivity contribution in [2.45, 2.75) is 39.3 Å². The number of carbonyl (C=O) groups excluding carboxylic acids is 1. The van der Waals surface area contributed by atoms with Crippen LogP contribution in [-0.2, 0) is 4.74 Å². The van der Waals surface area contributed by atoms with Gasteiger partial charge in [0.1, 0.15) is 5.60 Å². The number of nitrogens with zero attached hydrogens (tertiary/aromatic N) is 1. The van der Waals surface area contributed by atoms with E-state index in [0.717, 1.165) is 13.1 Å². The fourth-order valence-electron chi connectivity index (χ4n) is 1.82. The summed E-state index contributed by atoms with van der Waals surface area (Å²) < 4.78 is 5.32. The topological polar surface area (TPSA) is 41.6 Å². The summed E-state index contributed by atoms with van der Waals surface area (Å²) in [6.45, 7) is 9.33. The first kappa shape index (κ1) is 12.3. The van der Waals surface area contributed by atoms with Gasteiger partial charge in [-0.25, -0.2) is 4.79 Å². The van der Waals surface area contributed by atoms with Gasteiger partial charge in [-0.1, -0.05) is 6.92 Å². The monoisotopic (exact) mass is 214 g/mol. The molecule has 1 amide bonds. The number of amides is 1. The molecule has 4 nitrogen and oxygen atoms in total. The van der Waals surface area contributed by atoms with E-state index in [4.69, 9.17) is 4.74 Å². The highest BCUT2D eigenvalue weighted by Gasteiger charge is 2.33. The Morgan fingerprint density at radius 3 is 2.40 bits per heavy atom. The van der Waals surface area contributed by atoms with Crippen molar-refractivity contribution in [3.05, 3.63) is 0 Å². The zero-order chi connectivity index (χ0) is 11.6. The van der Waals surface area contributed by atoms with Gasteiger partial charge in [-0.3, -0.25) is 0 Å². The number of carbonyl (C=O) groups is 1. The van der Waals surface area contributed by atoms with Crippen LogP contribution in [0.1, 0.15) is 27.7 Å². The quantitative estimate of drug-likeness (QED) is 0.718. The highest BCUT2D eigenvalue weighted by Crippen LogP contribution is 2.19. The van der Waals surface area contributed by atoms with Crippen molar-refractivity contribution in [2.75, 3.05) is 20.1 Å². The SMILES string of the molecule is CN[C@H]1CN(C(=O)OC(C)(C)C)C[C@@H]1C. The van der Waals surface area contributed by atoms with Gasteiger partial charge in [0.2, 0.25) is 0 Å². The van der Waals surface area contributed by atoms with Crippen LogP contribution in [0, 0.1) is 5.92 Å². The maximum Gasteiger partial charge on any atom is 0.410 e. The highest BCUT2D eigenvalue weighted by atomic mass is 16.6. The van der Waals surface area contributed by atoms with Crippen LogP contribution in [-0.4, -0.2) is 42.8 Å². The zero-order valence-electron chi connectivity index (χ0n) is 10.3. The smallest absolute Gasteiger partial charge is 0.410 e. The molecule has 15 heavy (non-hydrogen) atoms. The maximum absolute atomic E-state index is 11.7. The van der Waals surface area contributed by atoms with Crippen LogP contribution in [0.25, 0.3) is 0 Å². The molecule has 1 N–H and O–H groups in total. The Kier molecular flexibility index (Phi) is 3.60. The van der Waals surface area contributed by atoms with E-state index in [2.05, 4.69) is 12.2 Å². The highest BCUT2D eigenvalue weighted by molar-refractivity contribution is 5.68. The molecule has 1 aliphatic rings. The van der Waals surface area contributed by atoms with E-state index in [1.165, 1.54) is 0 Å². The molecule has 1 saturated heterocycles. The first-order chi connectivity index (χ1) is 6.83. The normalized spacial score (nSPS) is 26.9. The van der Waals surface area contributed by atoms with E-state index < -0.39 is 5.60 Å². The Labute approximate surface area is 92.0 Å². The van der Waals surface area contributed by atoms with Crippen molar-refractivity contribution in [1.29, 1.82) is 0 Å². The average molecular weight is 214 g/mol. The number of hydrogen-bond acceptors (Lipinski definition) is 3. The van der Waals surface area contributed by atoms with E-state index in [1.807, 2.05) is 27.8 Å². The molecule has 0 spiro atoms. The summed E-state index contributed by atoms with van der Waals surface area (Å²) in [6.07, 6.45) is -0.202. The molecule has 1 heterocycles. The fourth-order valence-corrected chi connectivity index (χ4v) is 1.82. The van der Waals surface area contributed by atoms with Gasteiger partial charge >= 0.3 is 6.09 Å². The first-order valence-corrected chi connectivity index (χ1v) is 5.48. The predicted molar refractivity (Wildman–Crippen MR) is 59.8 cm³/mol. The summed E-state index contributed by atoms with van der Waals surface area (Å²) in [7, 11) is 1.93. The number of hydrogen-bond donors (Lipinski definition) is 1. The van der Waals surface area contributed by atoms with Crippen LogP contribution in [0.4, 0.5) is 4.79 Å². The number of likely N-dealkylation sites (tertiary alicyclic amines) is 1. The summed E-state index contributed by atoms with van der Waals surface area (Å²) in [6, 6.07) is 0.387. The van der Waals surface area contributed by atoms with Crippen LogP contribution in [0.3, 0.4) is 0 Å². The lowest BCUT2D eigenvalue weighted by Crippen LogP contribution is -2.37. The maximum atomic E-state index is 11.7. The third-order valence-electron chi connectivity index (χ3n) is 2.63. The van der Waals surface area contributed by atoms with Crippen LogP contribution in [0.15, 0.2) is 0 Å². The lowest BCUT2D eigenvalue weighted by atomic mass is 10.1. The second-order valence-corrected chi connectivity index (χ2v) is 5.26. The third-order valence-corrected chi connectivity index (χ3v) is 2.63. The Hall–Kier alpha value is -0.770. The molecule has 1 rings (SSSR count). The molecule has 0 aromatic heterocycles. The number of likely N-dealkylation sites (N-methyl/N-ethyl adjacent to an activating group) is 1. The van der Waals surface area contributed by atoms with Crippen molar-refractivity contribution >= 4 is 6.09 Å². The standard InChI is InChI=1S/C11H22N2O2/c1-8-6-13(7-9(8)12-5)10(14)15-11(2,3)4/h8-9,12H,6-7H2,1-5H3/t8-,9-/m0/s1. The van der Waals surface area contributed by atoms with Gasteiger partial charge in [-0.15, -0.1) is 0 Å². The minimum Gasteiger partial charge on any atom is -0.444 e. The van der Waals surface area contributed by atoms with Crippen molar-refractivity contribution in [1.82, 2.24) is 10.2 Å². The summed E-state index contributed by atoms with van der Waals surface area (Å²) in [5.74, 6) is 0.488. The van der Waals surface area contributed by atoms with E-state index >= 15 is 0 Å². The molecule has 0 radical (unpaired) electrons. The van der Waals surface area contributed by atoms with Gasteiger partial charge in [0.25, 0.3) is 0 Å². The molecule has 1 fully saturated rings. The zero-order valence-corrected chi connectivity index (χ0v) is 10.3. The van der Waals surface area contributed by atoms with Crippen LogP contribution in [0.2, 0.25) is 0 Å². The van der Waals surface area contributed by atoms with Gasteiger partial charge in [0.15, 0.2) is 0 Å².